The molecule has 704 valence electrons. The van der Waals surface area contributed by atoms with Crippen molar-refractivity contribution in [1.29, 1.82) is 0 Å². The Morgan fingerprint density at radius 2 is 0.659 bits per heavy atom. The summed E-state index contributed by atoms with van der Waals surface area (Å²) in [6.07, 6.45) is 9.43. The molecule has 4 fully saturated rings. The van der Waals surface area contributed by atoms with Crippen molar-refractivity contribution in [1.82, 2.24) is 58.1 Å². The van der Waals surface area contributed by atoms with Gasteiger partial charge in [0.05, 0.1) is 101 Å². The van der Waals surface area contributed by atoms with Crippen LogP contribution in [0.5, 0.6) is 11.5 Å². The van der Waals surface area contributed by atoms with E-state index in [0.29, 0.717) is 191 Å². The smallest absolute Gasteiger partial charge is 0.277 e. The number of anilines is 9. The maximum atomic E-state index is 13.5. The molecule has 12 heterocycles. The molecule has 0 amide bonds. The number of benzene rings is 4. The van der Waals surface area contributed by atoms with E-state index in [2.05, 4.69) is 60.8 Å². The SMILES string of the molecule is CCO[C@H]1CN(c2nccs2)CC1Nc1c(CC)nc(-c2ccc(Cl)cc2Cl)n(C)c1=O.CCO[C@H]1CN(c2nccs2)CC1Nc1c(CC)nc(-c2ccc(N(C)C)cc2Cl)n(C)c1=O.CCO[C@H]1CN(c2nccs2)CC1Nc1c(CC)nc(-c2ccc(OC)cc2C)n(C)c1=O.CCO[C@H]1CN(c2nccs2)CC1Nc1c(CC)nc(-c2ccc(OC)cc2Cl)n(C)c1=O. The van der Waals surface area contributed by atoms with E-state index in [1.807, 2.05) is 158 Å². The quantitative estimate of drug-likeness (QED) is 0.0314. The molecular weight excluding hydrogens is 1840 g/mol. The molecule has 0 aliphatic carbocycles. The number of methoxy groups -OCH3 is 2. The van der Waals surface area contributed by atoms with E-state index >= 15 is 0 Å². The molecule has 12 aromatic rings. The van der Waals surface area contributed by atoms with Crippen molar-refractivity contribution in [3.05, 3.63) is 209 Å². The second-order valence-electron chi connectivity index (χ2n) is 32.0. The molecule has 8 atom stereocenters. The molecule has 39 heteroatoms. The minimum Gasteiger partial charge on any atom is -0.497 e. The van der Waals surface area contributed by atoms with Gasteiger partial charge in [0.15, 0.2) is 20.5 Å². The standard InChI is InChI=1S/C24H31ClN6O2S.C24H31N5O3S.C23H28ClN5O3S.C22H25Cl2N5O2S/c1-6-18-21(27-19-13-31(14-20(19)33-7-2)24-26-10-11-34-24)23(32)30(5)22(28-18)16-9-8-15(29(3)4)12-17(16)25;1-6-18-21(26-19-13-29(14-20(19)32-7-2)24-25-10-11-33-24)23(30)28(4)22(27-18)17-9-8-16(31-5)12-15(17)3;1-5-17-20(26-18-12-29(13-19(18)32-6-2)23-25-9-10-33-23)22(30)28(3)21(27-17)15-8-7-14(31-4)11-16(15)24;1-4-16-19(21(30)28(3)20(27-16)14-7-6-13(23)10-15(14)24)26-17-11-29(12-18(17)31-5-2)22-25-8-9-32-22/h8-12,19-20,27H,6-7,13-14H2,1-5H3;8-12,19-20,26H,6-7,13-14H2,1-5H3;7-11,18-19,26H,5-6,12-13H2,1-4H3;6-10,17-18,26H,4-5,11-12H2,1-3H3/t2*19?,20-;18?,19-;17?,18-/m0000/s1. The molecule has 16 rings (SSSR count). The maximum Gasteiger partial charge on any atom is 0.277 e. The number of hydrogen-bond donors (Lipinski definition) is 4. The minimum absolute atomic E-state index is 0.0396. The molecular formula is C93H115Cl4N21O10S4. The van der Waals surface area contributed by atoms with Crippen LogP contribution in [-0.2, 0) is 72.8 Å². The molecule has 4 unspecified atom stereocenters. The number of nitrogens with zero attached hydrogens (tertiary/aromatic N) is 17. The molecule has 0 saturated carbocycles. The number of ether oxygens (including phenoxy) is 6. The Labute approximate surface area is 805 Å². The van der Waals surface area contributed by atoms with E-state index in [-0.39, 0.29) is 70.8 Å². The summed E-state index contributed by atoms with van der Waals surface area (Å²) < 4.78 is 40.9. The largest absolute Gasteiger partial charge is 0.497 e. The minimum atomic E-state index is -0.152. The molecule has 4 saturated heterocycles. The van der Waals surface area contributed by atoms with Gasteiger partial charge in [0.1, 0.15) is 57.5 Å². The van der Waals surface area contributed by atoms with Crippen LogP contribution in [-0.4, -0.2) is 214 Å². The summed E-state index contributed by atoms with van der Waals surface area (Å²) in [6, 6.07) is 21.9. The van der Waals surface area contributed by atoms with Crippen LogP contribution in [0.15, 0.2) is 138 Å². The normalized spacial score (nSPS) is 18.1. The number of aryl methyl sites for hydroxylation is 5. The first-order chi connectivity index (χ1) is 63.7. The third kappa shape index (κ3) is 22.5. The summed E-state index contributed by atoms with van der Waals surface area (Å²) in [6.45, 7) is 26.0. The topological polar surface area (TPSA) is 311 Å². The van der Waals surface area contributed by atoms with E-state index in [9.17, 15) is 19.2 Å². The van der Waals surface area contributed by atoms with Gasteiger partial charge in [-0.2, -0.15) is 0 Å². The van der Waals surface area contributed by atoms with Crippen molar-refractivity contribution < 1.29 is 28.4 Å². The van der Waals surface area contributed by atoms with E-state index in [1.54, 1.807) is 144 Å². The fourth-order valence-corrected chi connectivity index (χ4v) is 20.3. The molecule has 0 spiro atoms. The van der Waals surface area contributed by atoms with Crippen LogP contribution in [0.3, 0.4) is 0 Å². The number of nitrogens with one attached hydrogen (secondary N) is 4. The first-order valence-corrected chi connectivity index (χ1v) is 49.1. The highest BCUT2D eigenvalue weighted by atomic mass is 35.5. The van der Waals surface area contributed by atoms with Crippen LogP contribution in [0.1, 0.15) is 83.7 Å². The van der Waals surface area contributed by atoms with Gasteiger partial charge in [-0.1, -0.05) is 74.1 Å². The molecule has 4 aliphatic heterocycles. The second kappa shape index (κ2) is 45.6. The Bertz CT molecular complexity index is 5970. The molecule has 4 N–H and O–H groups in total. The third-order valence-corrected chi connectivity index (χ3v) is 27.9. The van der Waals surface area contributed by atoms with Gasteiger partial charge in [0, 0.05) is 200 Å². The molecule has 31 nitrogen and oxygen atoms in total. The predicted octanol–water partition coefficient (Wildman–Crippen LogP) is 15.7. The van der Waals surface area contributed by atoms with E-state index < -0.39 is 0 Å². The van der Waals surface area contributed by atoms with Gasteiger partial charge in [0.25, 0.3) is 22.2 Å². The zero-order valence-corrected chi connectivity index (χ0v) is 83.6. The van der Waals surface area contributed by atoms with Gasteiger partial charge in [-0.25, -0.2) is 39.9 Å². The second-order valence-corrected chi connectivity index (χ2v) is 37.1. The summed E-state index contributed by atoms with van der Waals surface area (Å²) in [4.78, 5) is 102. The monoisotopic (exact) mass is 1950 g/mol. The average molecular weight is 1960 g/mol. The van der Waals surface area contributed by atoms with E-state index in [0.717, 1.165) is 67.4 Å². The predicted molar refractivity (Wildman–Crippen MR) is 538 cm³/mol. The summed E-state index contributed by atoms with van der Waals surface area (Å²) >= 11 is 31.9. The Kier molecular flexibility index (Phi) is 34.3. The van der Waals surface area contributed by atoms with Gasteiger partial charge < -0.3 is 74.2 Å². The Morgan fingerprint density at radius 1 is 0.379 bits per heavy atom. The van der Waals surface area contributed by atoms with Crippen LogP contribution >= 0.6 is 91.8 Å². The zero-order valence-electron chi connectivity index (χ0n) is 77.3. The third-order valence-electron chi connectivity index (χ3n) is 23.4. The highest BCUT2D eigenvalue weighted by molar-refractivity contribution is 7.14. The van der Waals surface area contributed by atoms with Crippen molar-refractivity contribution in [3.63, 3.8) is 0 Å². The van der Waals surface area contributed by atoms with Crippen LogP contribution < -0.4 is 77.5 Å². The van der Waals surface area contributed by atoms with Gasteiger partial charge in [-0.3, -0.25) is 37.4 Å². The van der Waals surface area contributed by atoms with Crippen LogP contribution in [0.4, 0.5) is 49.0 Å². The first kappa shape index (κ1) is 99.2. The van der Waals surface area contributed by atoms with Crippen molar-refractivity contribution in [2.24, 2.45) is 28.2 Å². The average Bonchev–Trinajstić information content (AvgIpc) is 1.12. The van der Waals surface area contributed by atoms with Gasteiger partial charge >= 0.3 is 0 Å². The fourth-order valence-electron chi connectivity index (χ4n) is 16.6. The van der Waals surface area contributed by atoms with Gasteiger partial charge in [0.2, 0.25) is 0 Å². The first-order valence-electron chi connectivity index (χ1n) is 44.1. The van der Waals surface area contributed by atoms with Crippen LogP contribution in [0, 0.1) is 6.92 Å². The van der Waals surface area contributed by atoms with Crippen molar-refractivity contribution in [2.75, 3.05) is 153 Å². The van der Waals surface area contributed by atoms with E-state index in [4.69, 9.17) is 94.8 Å². The lowest BCUT2D eigenvalue weighted by Gasteiger charge is -2.23. The van der Waals surface area contributed by atoms with Crippen molar-refractivity contribution in [2.45, 2.75) is 137 Å². The lowest BCUT2D eigenvalue weighted by Crippen LogP contribution is -2.38. The molecule has 4 aromatic carbocycles. The van der Waals surface area contributed by atoms with E-state index in [1.165, 1.54) is 4.57 Å². The van der Waals surface area contributed by atoms with Crippen molar-refractivity contribution in [3.8, 4) is 57.1 Å². The molecule has 132 heavy (non-hydrogen) atoms. The number of thiazole rings is 4. The Hall–Kier alpha value is -10.3. The summed E-state index contributed by atoms with van der Waals surface area (Å²) in [7, 11) is 14.1. The highest BCUT2D eigenvalue weighted by Gasteiger charge is 2.41. The van der Waals surface area contributed by atoms with Crippen LogP contribution in [0.25, 0.3) is 45.6 Å². The van der Waals surface area contributed by atoms with Gasteiger partial charge in [-0.05, 0) is 139 Å². The number of halogens is 4. The molecule has 8 aromatic heterocycles. The van der Waals surface area contributed by atoms with Crippen LogP contribution in [0.2, 0.25) is 20.1 Å². The lowest BCUT2D eigenvalue weighted by atomic mass is 10.1. The molecule has 4 aliphatic rings. The van der Waals surface area contributed by atoms with Gasteiger partial charge in [-0.15, -0.1) is 45.3 Å². The Balaban J connectivity index is 0.000000150. The van der Waals surface area contributed by atoms with Crippen molar-refractivity contribution >= 4 is 141 Å². The lowest BCUT2D eigenvalue weighted by molar-refractivity contribution is 0.0718. The maximum absolute atomic E-state index is 13.5. The summed E-state index contributed by atoms with van der Waals surface area (Å²) in [5, 5.41) is 27.6. The Morgan fingerprint density at radius 3 is 0.917 bits per heavy atom. The highest BCUT2D eigenvalue weighted by Crippen LogP contribution is 2.38. The fraction of sp³-hybridized carbons (Fsp3) is 0.441. The number of rotatable bonds is 31. The summed E-state index contributed by atoms with van der Waals surface area (Å²) in [5.41, 5.74) is 9.41. The summed E-state index contributed by atoms with van der Waals surface area (Å²) in [5.74, 6) is 3.67. The zero-order chi connectivity index (χ0) is 94.3. The molecule has 0 bridgehead atoms. The molecule has 0 radical (unpaired) electrons. The number of hydrogen-bond acceptors (Lipinski definition) is 31. The number of aromatic nitrogens is 12.